The topological polar surface area (TPSA) is 13.1 Å². The molecule has 0 fully saturated rings. The zero-order chi connectivity index (χ0) is 28.3. The Morgan fingerprint density at radius 1 is 0.302 bits per heavy atom. The second-order valence-corrected chi connectivity index (χ2v) is 11.3. The molecule has 43 heavy (non-hydrogen) atoms. The van der Waals surface area contributed by atoms with Gasteiger partial charge in [0.25, 0.3) is 0 Å². The summed E-state index contributed by atoms with van der Waals surface area (Å²) in [6.45, 7) is 0. The van der Waals surface area contributed by atoms with Gasteiger partial charge in [0.15, 0.2) is 0 Å². The smallest absolute Gasteiger partial charge is 0.136 e. The van der Waals surface area contributed by atoms with Crippen LogP contribution in [0.5, 0.6) is 0 Å². The van der Waals surface area contributed by atoms with Gasteiger partial charge in [-0.25, -0.2) is 0 Å². The monoisotopic (exact) mass is 546 g/mol. The number of rotatable bonds is 3. The lowest BCUT2D eigenvalue weighted by atomic mass is 9.84. The first-order valence-electron chi connectivity index (χ1n) is 14.8. The molecule has 9 aromatic rings. The van der Waals surface area contributed by atoms with Gasteiger partial charge in [0.1, 0.15) is 11.2 Å². The van der Waals surface area contributed by atoms with Gasteiger partial charge in [-0.2, -0.15) is 0 Å². The van der Waals surface area contributed by atoms with E-state index in [1.54, 1.807) is 0 Å². The molecule has 0 aliphatic heterocycles. The third-order valence-corrected chi connectivity index (χ3v) is 8.86. The molecule has 200 valence electrons. The standard InChI is InChI=1S/C42H26O/c1-2-11-27(12-3-1)29-21-23-32-33-24-22-30(26-40(33)43-39(32)25-29)41-35-16-6-8-18-37(35)42(38-19-9-7-17-36(38)41)34-20-10-14-28-13-4-5-15-31(28)34/h1-26H. The van der Waals surface area contributed by atoms with Crippen molar-refractivity contribution in [1.82, 2.24) is 0 Å². The minimum atomic E-state index is 0.906. The minimum absolute atomic E-state index is 0.906. The molecule has 0 bridgehead atoms. The highest BCUT2D eigenvalue weighted by atomic mass is 16.3. The molecule has 1 heterocycles. The van der Waals surface area contributed by atoms with Crippen LogP contribution in [0.1, 0.15) is 0 Å². The summed E-state index contributed by atoms with van der Waals surface area (Å²) < 4.78 is 6.54. The predicted octanol–water partition coefficient (Wildman–Crippen LogP) is 12.0. The third-order valence-electron chi connectivity index (χ3n) is 8.86. The number of fused-ring (bicyclic) bond motifs is 6. The molecule has 0 amide bonds. The van der Waals surface area contributed by atoms with Gasteiger partial charge < -0.3 is 4.42 Å². The van der Waals surface area contributed by atoms with Crippen LogP contribution >= 0.6 is 0 Å². The van der Waals surface area contributed by atoms with E-state index in [0.717, 1.165) is 33.1 Å². The Bertz CT molecular complexity index is 2440. The van der Waals surface area contributed by atoms with Gasteiger partial charge in [0.2, 0.25) is 0 Å². The van der Waals surface area contributed by atoms with Crippen molar-refractivity contribution in [1.29, 1.82) is 0 Å². The SMILES string of the molecule is c1ccc(-c2ccc3c(c2)oc2cc(-c4c5ccccc5c(-c5cccc6ccccc56)c5ccccc45)ccc23)cc1. The van der Waals surface area contributed by atoms with E-state index in [4.69, 9.17) is 4.42 Å². The summed E-state index contributed by atoms with van der Waals surface area (Å²) in [6.07, 6.45) is 0. The highest BCUT2D eigenvalue weighted by Crippen LogP contribution is 2.46. The lowest BCUT2D eigenvalue weighted by Crippen LogP contribution is -1.91. The van der Waals surface area contributed by atoms with Crippen molar-refractivity contribution in [2.75, 3.05) is 0 Å². The number of benzene rings is 8. The molecule has 1 heteroatoms. The summed E-state index contributed by atoms with van der Waals surface area (Å²) in [6, 6.07) is 56.7. The molecular formula is C42H26O. The lowest BCUT2D eigenvalue weighted by Gasteiger charge is -2.18. The minimum Gasteiger partial charge on any atom is -0.456 e. The van der Waals surface area contributed by atoms with Crippen LogP contribution in [0.2, 0.25) is 0 Å². The first-order chi connectivity index (χ1) is 21.3. The van der Waals surface area contributed by atoms with Crippen LogP contribution in [0, 0.1) is 0 Å². The van der Waals surface area contributed by atoms with Crippen molar-refractivity contribution in [2.24, 2.45) is 0 Å². The van der Waals surface area contributed by atoms with E-state index in [1.807, 2.05) is 6.07 Å². The molecule has 0 spiro atoms. The van der Waals surface area contributed by atoms with E-state index in [0.29, 0.717) is 0 Å². The van der Waals surface area contributed by atoms with Crippen LogP contribution in [-0.2, 0) is 0 Å². The summed E-state index contributed by atoms with van der Waals surface area (Å²) in [4.78, 5) is 0. The molecule has 0 radical (unpaired) electrons. The Kier molecular flexibility index (Phi) is 5.27. The maximum Gasteiger partial charge on any atom is 0.136 e. The lowest BCUT2D eigenvalue weighted by molar-refractivity contribution is 0.669. The van der Waals surface area contributed by atoms with Crippen molar-refractivity contribution < 1.29 is 4.42 Å². The van der Waals surface area contributed by atoms with Crippen molar-refractivity contribution in [3.05, 3.63) is 158 Å². The van der Waals surface area contributed by atoms with Crippen molar-refractivity contribution in [3.63, 3.8) is 0 Å². The Morgan fingerprint density at radius 2 is 0.814 bits per heavy atom. The number of furan rings is 1. The molecule has 0 saturated carbocycles. The molecule has 8 aromatic carbocycles. The molecule has 0 saturated heterocycles. The Hall–Kier alpha value is -5.66. The van der Waals surface area contributed by atoms with E-state index in [2.05, 4.69) is 152 Å². The second-order valence-electron chi connectivity index (χ2n) is 11.3. The van der Waals surface area contributed by atoms with Crippen LogP contribution in [0.15, 0.2) is 162 Å². The van der Waals surface area contributed by atoms with Gasteiger partial charge in [-0.05, 0) is 90.0 Å². The highest BCUT2D eigenvalue weighted by molar-refractivity contribution is 6.24. The van der Waals surface area contributed by atoms with E-state index in [-0.39, 0.29) is 0 Å². The Morgan fingerprint density at radius 3 is 1.49 bits per heavy atom. The molecular weight excluding hydrogens is 520 g/mol. The molecule has 0 atom stereocenters. The van der Waals surface area contributed by atoms with E-state index in [9.17, 15) is 0 Å². The van der Waals surface area contributed by atoms with Crippen molar-refractivity contribution >= 4 is 54.3 Å². The Balaban J connectivity index is 1.31. The highest BCUT2D eigenvalue weighted by Gasteiger charge is 2.19. The fraction of sp³-hybridized carbons (Fsp3) is 0. The zero-order valence-electron chi connectivity index (χ0n) is 23.4. The van der Waals surface area contributed by atoms with Gasteiger partial charge in [-0.15, -0.1) is 0 Å². The first-order valence-corrected chi connectivity index (χ1v) is 14.8. The van der Waals surface area contributed by atoms with E-state index >= 15 is 0 Å². The van der Waals surface area contributed by atoms with Crippen LogP contribution in [0.4, 0.5) is 0 Å². The van der Waals surface area contributed by atoms with Crippen LogP contribution in [0.25, 0.3) is 87.6 Å². The largest absolute Gasteiger partial charge is 0.456 e. The fourth-order valence-electron chi connectivity index (χ4n) is 6.92. The fourth-order valence-corrected chi connectivity index (χ4v) is 6.92. The third kappa shape index (κ3) is 3.72. The Labute approximate surface area is 249 Å². The summed E-state index contributed by atoms with van der Waals surface area (Å²) in [7, 11) is 0. The van der Waals surface area contributed by atoms with Gasteiger partial charge in [-0.3, -0.25) is 0 Å². The second kappa shape index (κ2) is 9.44. The first kappa shape index (κ1) is 24.0. The van der Waals surface area contributed by atoms with Gasteiger partial charge in [-0.1, -0.05) is 133 Å². The van der Waals surface area contributed by atoms with Crippen molar-refractivity contribution in [2.45, 2.75) is 0 Å². The molecule has 0 aliphatic rings. The average Bonchev–Trinajstić information content (AvgIpc) is 3.44. The normalized spacial score (nSPS) is 11.7. The molecule has 1 aromatic heterocycles. The molecule has 0 unspecified atom stereocenters. The quantitative estimate of drug-likeness (QED) is 0.201. The molecule has 0 N–H and O–H groups in total. The van der Waals surface area contributed by atoms with Crippen LogP contribution in [0.3, 0.4) is 0 Å². The van der Waals surface area contributed by atoms with Gasteiger partial charge in [0, 0.05) is 10.8 Å². The van der Waals surface area contributed by atoms with E-state index < -0.39 is 0 Å². The predicted molar refractivity (Wildman–Crippen MR) is 183 cm³/mol. The zero-order valence-corrected chi connectivity index (χ0v) is 23.4. The summed E-state index contributed by atoms with van der Waals surface area (Å²) in [5, 5.41) is 9.79. The summed E-state index contributed by atoms with van der Waals surface area (Å²) in [5.74, 6) is 0. The molecule has 9 rings (SSSR count). The summed E-state index contributed by atoms with van der Waals surface area (Å²) in [5.41, 5.74) is 9.11. The molecule has 0 aliphatic carbocycles. The van der Waals surface area contributed by atoms with Gasteiger partial charge >= 0.3 is 0 Å². The molecule has 1 nitrogen and oxygen atoms in total. The van der Waals surface area contributed by atoms with Crippen LogP contribution in [-0.4, -0.2) is 0 Å². The number of hydrogen-bond donors (Lipinski definition) is 0. The average molecular weight is 547 g/mol. The van der Waals surface area contributed by atoms with E-state index in [1.165, 1.54) is 54.6 Å². The van der Waals surface area contributed by atoms with Gasteiger partial charge in [0.05, 0.1) is 0 Å². The summed E-state index contributed by atoms with van der Waals surface area (Å²) >= 11 is 0. The maximum absolute atomic E-state index is 6.54. The van der Waals surface area contributed by atoms with Crippen molar-refractivity contribution in [3.8, 4) is 33.4 Å². The number of hydrogen-bond acceptors (Lipinski definition) is 1. The maximum atomic E-state index is 6.54. The van der Waals surface area contributed by atoms with Crippen LogP contribution < -0.4 is 0 Å².